The number of benzene rings is 2. The van der Waals surface area contributed by atoms with E-state index in [1.165, 1.54) is 18.2 Å². The van der Waals surface area contributed by atoms with Gasteiger partial charge < -0.3 is 10.6 Å². The maximum absolute atomic E-state index is 14.4. The molecule has 1 atom stereocenters. The molecule has 2 N–H and O–H groups in total. The molecule has 7 heteroatoms. The van der Waals surface area contributed by atoms with Crippen LogP contribution in [0.15, 0.2) is 48.5 Å². The van der Waals surface area contributed by atoms with E-state index in [0.29, 0.717) is 26.7 Å². The van der Waals surface area contributed by atoms with Crippen LogP contribution in [-0.2, 0) is 4.79 Å². The second-order valence-corrected chi connectivity index (χ2v) is 7.58. The highest BCUT2D eigenvalue weighted by molar-refractivity contribution is 7.18. The molecule has 0 saturated carbocycles. The van der Waals surface area contributed by atoms with Crippen LogP contribution in [0.5, 0.6) is 0 Å². The molecule has 0 aliphatic carbocycles. The minimum Gasteiger partial charge on any atom is -0.321 e. The first kappa shape index (κ1) is 18.3. The largest absolute Gasteiger partial charge is 0.321 e. The van der Waals surface area contributed by atoms with E-state index in [1.807, 2.05) is 6.07 Å². The number of thiophene rings is 1. The lowest BCUT2D eigenvalue weighted by molar-refractivity contribution is -0.116. The number of nitrogens with one attached hydrogen (secondary N) is 2. The lowest BCUT2D eigenvalue weighted by Crippen LogP contribution is -2.24. The molecule has 2 aromatic carbocycles. The van der Waals surface area contributed by atoms with E-state index in [0.717, 1.165) is 11.3 Å². The van der Waals surface area contributed by atoms with Crippen molar-refractivity contribution >= 4 is 33.8 Å². The summed E-state index contributed by atoms with van der Waals surface area (Å²) in [6, 6.07) is 12.6. The average molecular weight is 398 g/mol. The number of amides is 2. The van der Waals surface area contributed by atoms with Gasteiger partial charge >= 0.3 is 0 Å². The van der Waals surface area contributed by atoms with Crippen LogP contribution in [-0.4, -0.2) is 11.8 Å². The fraction of sp³-hybridized carbons (Fsp3) is 0.143. The Morgan fingerprint density at radius 3 is 2.43 bits per heavy atom. The normalized spacial score (nSPS) is 15.7. The standard InChI is InChI=1S/C21H16F2N2O2S/c1-11-17-13(18-14(22)8-5-9-15(18)23)10-16(26)25-21(17)28-19(11)20(27)24-12-6-3-2-4-7-12/h2-9,13H,10H2,1H3,(H,24,27)(H,25,26). The molecular formula is C21H16F2N2O2S. The average Bonchev–Trinajstić information content (AvgIpc) is 2.99. The number of hydrogen-bond donors (Lipinski definition) is 2. The van der Waals surface area contributed by atoms with Crippen LogP contribution in [0.25, 0.3) is 0 Å². The summed E-state index contributed by atoms with van der Waals surface area (Å²) >= 11 is 1.11. The molecule has 0 spiro atoms. The van der Waals surface area contributed by atoms with Crippen molar-refractivity contribution in [3.8, 4) is 0 Å². The van der Waals surface area contributed by atoms with Crippen molar-refractivity contribution in [3.63, 3.8) is 0 Å². The van der Waals surface area contributed by atoms with Gasteiger partial charge in [0.1, 0.15) is 11.6 Å². The summed E-state index contributed by atoms with van der Waals surface area (Å²) in [5, 5.41) is 6.00. The maximum Gasteiger partial charge on any atom is 0.266 e. The number of fused-ring (bicyclic) bond motifs is 1. The van der Waals surface area contributed by atoms with Crippen LogP contribution < -0.4 is 10.6 Å². The van der Waals surface area contributed by atoms with Crippen molar-refractivity contribution in [3.05, 3.63) is 81.7 Å². The maximum atomic E-state index is 14.4. The number of hydrogen-bond acceptors (Lipinski definition) is 3. The lowest BCUT2D eigenvalue weighted by Gasteiger charge is -2.24. The molecule has 142 valence electrons. The van der Waals surface area contributed by atoms with E-state index in [-0.39, 0.29) is 23.8 Å². The van der Waals surface area contributed by atoms with Crippen LogP contribution in [0.1, 0.15) is 38.7 Å². The first-order valence-corrected chi connectivity index (χ1v) is 9.50. The molecule has 2 amide bonds. The topological polar surface area (TPSA) is 58.2 Å². The molecule has 2 heterocycles. The predicted molar refractivity (Wildman–Crippen MR) is 105 cm³/mol. The van der Waals surface area contributed by atoms with Crippen molar-refractivity contribution in [1.29, 1.82) is 0 Å². The monoisotopic (exact) mass is 398 g/mol. The third-order valence-corrected chi connectivity index (χ3v) is 5.99. The van der Waals surface area contributed by atoms with Gasteiger partial charge in [0.05, 0.1) is 9.88 Å². The summed E-state index contributed by atoms with van der Waals surface area (Å²) in [4.78, 5) is 25.3. The Hall–Kier alpha value is -3.06. The van der Waals surface area contributed by atoms with Crippen LogP contribution in [0.3, 0.4) is 0 Å². The fourth-order valence-corrected chi connectivity index (χ4v) is 4.70. The Morgan fingerprint density at radius 2 is 1.75 bits per heavy atom. The molecular weight excluding hydrogens is 382 g/mol. The van der Waals surface area contributed by atoms with E-state index in [4.69, 9.17) is 0 Å². The third-order valence-electron chi connectivity index (χ3n) is 4.77. The number of rotatable bonds is 3. The SMILES string of the molecule is Cc1c(C(=O)Nc2ccccc2)sc2c1C(c1c(F)cccc1F)CC(=O)N2. The van der Waals surface area contributed by atoms with Crippen molar-refractivity contribution in [2.24, 2.45) is 0 Å². The summed E-state index contributed by atoms with van der Waals surface area (Å²) in [6.45, 7) is 1.73. The zero-order chi connectivity index (χ0) is 19.8. The van der Waals surface area contributed by atoms with Crippen LogP contribution >= 0.6 is 11.3 Å². The van der Waals surface area contributed by atoms with Gasteiger partial charge in [0.25, 0.3) is 5.91 Å². The highest BCUT2D eigenvalue weighted by Crippen LogP contribution is 2.46. The van der Waals surface area contributed by atoms with Gasteiger partial charge in [-0.15, -0.1) is 11.3 Å². The molecule has 3 aromatic rings. The molecule has 1 unspecified atom stereocenters. The van der Waals surface area contributed by atoms with Crippen LogP contribution in [0.4, 0.5) is 19.5 Å². The fourth-order valence-electron chi connectivity index (χ4n) is 3.52. The first-order chi connectivity index (χ1) is 13.5. The summed E-state index contributed by atoms with van der Waals surface area (Å²) in [5.74, 6) is -2.85. The highest BCUT2D eigenvalue weighted by atomic mass is 32.1. The molecule has 0 bridgehead atoms. The molecule has 0 saturated heterocycles. The number of carbonyl (C=O) groups is 2. The Morgan fingerprint density at radius 1 is 1.07 bits per heavy atom. The van der Waals surface area contributed by atoms with Gasteiger partial charge in [-0.2, -0.15) is 0 Å². The lowest BCUT2D eigenvalue weighted by atomic mass is 9.84. The van der Waals surface area contributed by atoms with E-state index in [9.17, 15) is 18.4 Å². The smallest absolute Gasteiger partial charge is 0.266 e. The molecule has 0 fully saturated rings. The van der Waals surface area contributed by atoms with Gasteiger partial charge in [-0.1, -0.05) is 24.3 Å². The van der Waals surface area contributed by atoms with Crippen molar-refractivity contribution in [1.82, 2.24) is 0 Å². The minimum absolute atomic E-state index is 0.0812. The number of anilines is 2. The zero-order valence-electron chi connectivity index (χ0n) is 14.9. The Balaban J connectivity index is 1.77. The van der Waals surface area contributed by atoms with E-state index in [1.54, 1.807) is 31.2 Å². The summed E-state index contributed by atoms with van der Waals surface area (Å²) in [6.07, 6.45) is -0.0812. The van der Waals surface area contributed by atoms with Crippen molar-refractivity contribution < 1.29 is 18.4 Å². The van der Waals surface area contributed by atoms with Gasteiger partial charge in [-0.25, -0.2) is 8.78 Å². The van der Waals surface area contributed by atoms with Crippen LogP contribution in [0.2, 0.25) is 0 Å². The number of halogens is 2. The molecule has 28 heavy (non-hydrogen) atoms. The minimum atomic E-state index is -0.778. The quantitative estimate of drug-likeness (QED) is 0.648. The molecule has 1 aliphatic heterocycles. The summed E-state index contributed by atoms with van der Waals surface area (Å²) in [7, 11) is 0. The van der Waals surface area contributed by atoms with Gasteiger partial charge in [0.15, 0.2) is 0 Å². The predicted octanol–water partition coefficient (Wildman–Crippen LogP) is 5.06. The van der Waals surface area contributed by atoms with E-state index < -0.39 is 17.6 Å². The molecule has 1 aliphatic rings. The van der Waals surface area contributed by atoms with Crippen LogP contribution in [0, 0.1) is 18.6 Å². The highest BCUT2D eigenvalue weighted by Gasteiger charge is 2.35. The van der Waals surface area contributed by atoms with Gasteiger partial charge in [0, 0.05) is 23.6 Å². The number of carbonyl (C=O) groups excluding carboxylic acids is 2. The second kappa shape index (κ2) is 7.16. The molecule has 4 nitrogen and oxygen atoms in total. The summed E-state index contributed by atoms with van der Waals surface area (Å²) < 4.78 is 28.8. The summed E-state index contributed by atoms with van der Waals surface area (Å²) in [5.41, 5.74) is 1.70. The Labute approximate surface area is 164 Å². The van der Waals surface area contributed by atoms with E-state index >= 15 is 0 Å². The Bertz CT molecular complexity index is 1060. The second-order valence-electron chi connectivity index (χ2n) is 6.56. The molecule has 1 aromatic heterocycles. The van der Waals surface area contributed by atoms with Crippen molar-refractivity contribution in [2.75, 3.05) is 10.6 Å². The van der Waals surface area contributed by atoms with Crippen molar-refractivity contribution in [2.45, 2.75) is 19.3 Å². The van der Waals surface area contributed by atoms with E-state index in [2.05, 4.69) is 10.6 Å². The van der Waals surface area contributed by atoms with Gasteiger partial charge in [-0.05, 0) is 42.3 Å². The number of para-hydroxylation sites is 1. The first-order valence-electron chi connectivity index (χ1n) is 8.69. The van der Waals surface area contributed by atoms with Gasteiger partial charge in [0.2, 0.25) is 5.91 Å². The zero-order valence-corrected chi connectivity index (χ0v) is 15.7. The molecule has 4 rings (SSSR count). The Kier molecular flexibility index (Phi) is 4.68. The molecule has 0 radical (unpaired) electrons. The third kappa shape index (κ3) is 3.18. The van der Waals surface area contributed by atoms with Gasteiger partial charge in [-0.3, -0.25) is 9.59 Å².